The predicted molar refractivity (Wildman–Crippen MR) is 81.8 cm³/mol. The summed E-state index contributed by atoms with van der Waals surface area (Å²) >= 11 is 0. The largest absolute Gasteiger partial charge is 0.481 e. The van der Waals surface area contributed by atoms with Crippen molar-refractivity contribution in [2.45, 2.75) is 83.7 Å². The molecule has 3 unspecified atom stereocenters. The van der Waals surface area contributed by atoms with Crippen molar-refractivity contribution in [3.8, 4) is 0 Å². The van der Waals surface area contributed by atoms with Crippen LogP contribution < -0.4 is 0 Å². The number of carboxylic acid groups (broad SMARTS) is 1. The molecular formula is C17H31NO2. The van der Waals surface area contributed by atoms with Gasteiger partial charge in [-0.2, -0.15) is 0 Å². The van der Waals surface area contributed by atoms with Crippen molar-refractivity contribution >= 4 is 5.97 Å². The van der Waals surface area contributed by atoms with Crippen molar-refractivity contribution in [1.29, 1.82) is 0 Å². The molecule has 0 heterocycles. The quantitative estimate of drug-likeness (QED) is 0.733. The molecule has 1 N–H and O–H groups in total. The first-order valence-electron chi connectivity index (χ1n) is 8.65. The Hall–Kier alpha value is -0.570. The topological polar surface area (TPSA) is 40.5 Å². The summed E-state index contributed by atoms with van der Waals surface area (Å²) in [6.45, 7) is 5.57. The second-order valence-electron chi connectivity index (χ2n) is 6.80. The third kappa shape index (κ3) is 3.97. The number of nitrogens with zero attached hydrogens (tertiary/aromatic N) is 1. The first-order valence-corrected chi connectivity index (χ1v) is 8.65. The molecule has 116 valence electrons. The van der Waals surface area contributed by atoms with Gasteiger partial charge in [0.15, 0.2) is 0 Å². The van der Waals surface area contributed by atoms with Crippen LogP contribution in [0.2, 0.25) is 0 Å². The summed E-state index contributed by atoms with van der Waals surface area (Å²) in [4.78, 5) is 14.2. The molecule has 20 heavy (non-hydrogen) atoms. The lowest BCUT2D eigenvalue weighted by Gasteiger charge is -2.41. The van der Waals surface area contributed by atoms with E-state index in [1.165, 1.54) is 38.5 Å². The van der Waals surface area contributed by atoms with E-state index in [0.29, 0.717) is 12.1 Å². The molecule has 3 nitrogen and oxygen atoms in total. The lowest BCUT2D eigenvalue weighted by atomic mass is 9.75. The monoisotopic (exact) mass is 281 g/mol. The Morgan fingerprint density at radius 2 is 1.90 bits per heavy atom. The number of carbonyl (C=O) groups is 1. The molecule has 0 radical (unpaired) electrons. The Morgan fingerprint density at radius 1 is 1.15 bits per heavy atom. The van der Waals surface area contributed by atoms with E-state index in [2.05, 4.69) is 18.7 Å². The van der Waals surface area contributed by atoms with Crippen LogP contribution in [0.1, 0.15) is 71.6 Å². The second kappa shape index (κ2) is 7.44. The minimum absolute atomic E-state index is 0.124. The fourth-order valence-electron chi connectivity index (χ4n) is 3.92. The van der Waals surface area contributed by atoms with Gasteiger partial charge in [0.25, 0.3) is 0 Å². The average molecular weight is 281 g/mol. The van der Waals surface area contributed by atoms with E-state index in [1.54, 1.807) is 0 Å². The average Bonchev–Trinajstić information content (AvgIpc) is 3.24. The first-order chi connectivity index (χ1) is 9.67. The second-order valence-corrected chi connectivity index (χ2v) is 6.80. The van der Waals surface area contributed by atoms with Gasteiger partial charge in [-0.1, -0.05) is 33.1 Å². The molecule has 2 fully saturated rings. The third-order valence-electron chi connectivity index (χ3n) is 5.15. The highest BCUT2D eigenvalue weighted by molar-refractivity contribution is 5.71. The molecule has 0 spiro atoms. The molecule has 3 atom stereocenters. The summed E-state index contributed by atoms with van der Waals surface area (Å²) in [5, 5.41) is 9.57. The Bertz CT molecular complexity index is 314. The van der Waals surface area contributed by atoms with E-state index in [-0.39, 0.29) is 5.92 Å². The van der Waals surface area contributed by atoms with E-state index in [0.717, 1.165) is 31.7 Å². The zero-order valence-electron chi connectivity index (χ0n) is 13.2. The maximum absolute atomic E-state index is 11.6. The van der Waals surface area contributed by atoms with Gasteiger partial charge in [0.2, 0.25) is 0 Å². The van der Waals surface area contributed by atoms with Gasteiger partial charge in [0, 0.05) is 12.1 Å². The maximum atomic E-state index is 11.6. The van der Waals surface area contributed by atoms with Crippen molar-refractivity contribution < 1.29 is 9.90 Å². The molecule has 0 saturated heterocycles. The Balaban J connectivity index is 2.05. The van der Waals surface area contributed by atoms with Crippen molar-refractivity contribution in [3.63, 3.8) is 0 Å². The van der Waals surface area contributed by atoms with Gasteiger partial charge in [-0.25, -0.2) is 0 Å². The zero-order valence-corrected chi connectivity index (χ0v) is 13.2. The first kappa shape index (κ1) is 15.8. The third-order valence-corrected chi connectivity index (χ3v) is 5.15. The highest BCUT2D eigenvalue weighted by atomic mass is 16.4. The number of hydrogen-bond donors (Lipinski definition) is 1. The predicted octanol–water partition coefficient (Wildman–Crippen LogP) is 3.92. The normalized spacial score (nSPS) is 30.6. The van der Waals surface area contributed by atoms with Gasteiger partial charge in [0.05, 0.1) is 5.92 Å². The van der Waals surface area contributed by atoms with Crippen molar-refractivity contribution in [1.82, 2.24) is 4.90 Å². The highest BCUT2D eigenvalue weighted by Gasteiger charge is 2.42. The minimum Gasteiger partial charge on any atom is -0.481 e. The zero-order chi connectivity index (χ0) is 14.5. The van der Waals surface area contributed by atoms with Crippen LogP contribution in [0.5, 0.6) is 0 Å². The smallest absolute Gasteiger partial charge is 0.308 e. The number of rotatable bonds is 8. The molecule has 2 saturated carbocycles. The van der Waals surface area contributed by atoms with Crippen LogP contribution in [0.25, 0.3) is 0 Å². The molecule has 0 aromatic carbocycles. The fraction of sp³-hybridized carbons (Fsp3) is 0.941. The Kier molecular flexibility index (Phi) is 5.88. The lowest BCUT2D eigenvalue weighted by Crippen LogP contribution is -2.48. The molecule has 0 aliphatic heterocycles. The lowest BCUT2D eigenvalue weighted by molar-refractivity contribution is -0.146. The molecular weight excluding hydrogens is 250 g/mol. The highest BCUT2D eigenvalue weighted by Crippen LogP contribution is 2.39. The Morgan fingerprint density at radius 3 is 2.45 bits per heavy atom. The molecule has 2 rings (SSSR count). The summed E-state index contributed by atoms with van der Waals surface area (Å²) in [5.74, 6) is 0.0659. The van der Waals surface area contributed by atoms with E-state index in [4.69, 9.17) is 0 Å². The van der Waals surface area contributed by atoms with Crippen molar-refractivity contribution in [3.05, 3.63) is 0 Å². The minimum atomic E-state index is -0.563. The summed E-state index contributed by atoms with van der Waals surface area (Å²) in [7, 11) is 0. The Labute approximate surface area is 123 Å². The van der Waals surface area contributed by atoms with E-state index in [9.17, 15) is 9.90 Å². The summed E-state index contributed by atoms with van der Waals surface area (Å²) in [6, 6.07) is 0.991. The summed E-state index contributed by atoms with van der Waals surface area (Å²) < 4.78 is 0. The van der Waals surface area contributed by atoms with Gasteiger partial charge in [-0.15, -0.1) is 0 Å². The molecule has 0 aromatic heterocycles. The van der Waals surface area contributed by atoms with Crippen LogP contribution in [0.4, 0.5) is 0 Å². The SMILES string of the molecule is CCCCN(C1CC1)C1CC(CCC)CCC1C(=O)O. The van der Waals surface area contributed by atoms with E-state index >= 15 is 0 Å². The molecule has 0 amide bonds. The van der Waals surface area contributed by atoms with Crippen LogP contribution >= 0.6 is 0 Å². The van der Waals surface area contributed by atoms with E-state index in [1.807, 2.05) is 0 Å². The van der Waals surface area contributed by atoms with Crippen LogP contribution in [-0.2, 0) is 4.79 Å². The number of carboxylic acids is 1. The summed E-state index contributed by atoms with van der Waals surface area (Å²) in [5.41, 5.74) is 0. The van der Waals surface area contributed by atoms with Crippen LogP contribution in [0.3, 0.4) is 0 Å². The molecule has 0 aromatic rings. The van der Waals surface area contributed by atoms with Gasteiger partial charge in [-0.05, 0) is 51.0 Å². The standard InChI is InChI=1S/C17H31NO2/c1-3-5-11-18(14-8-9-14)16-12-13(6-4-2)7-10-15(16)17(19)20/h13-16H,3-12H2,1-2H3,(H,19,20). The van der Waals surface area contributed by atoms with Gasteiger partial charge < -0.3 is 5.11 Å². The summed E-state index contributed by atoms with van der Waals surface area (Å²) in [6.07, 6.45) is 10.6. The van der Waals surface area contributed by atoms with Gasteiger partial charge >= 0.3 is 5.97 Å². The van der Waals surface area contributed by atoms with Gasteiger partial charge in [-0.3, -0.25) is 9.69 Å². The van der Waals surface area contributed by atoms with Crippen LogP contribution in [0, 0.1) is 11.8 Å². The molecule has 2 aliphatic carbocycles. The molecule has 2 aliphatic rings. The van der Waals surface area contributed by atoms with Crippen LogP contribution in [-0.4, -0.2) is 34.6 Å². The maximum Gasteiger partial charge on any atom is 0.308 e. The van der Waals surface area contributed by atoms with Crippen LogP contribution in [0.15, 0.2) is 0 Å². The number of aliphatic carboxylic acids is 1. The van der Waals surface area contributed by atoms with E-state index < -0.39 is 5.97 Å². The number of unbranched alkanes of at least 4 members (excludes halogenated alkanes) is 1. The molecule has 0 bridgehead atoms. The van der Waals surface area contributed by atoms with Crippen molar-refractivity contribution in [2.24, 2.45) is 11.8 Å². The van der Waals surface area contributed by atoms with Gasteiger partial charge in [0.1, 0.15) is 0 Å². The fourth-order valence-corrected chi connectivity index (χ4v) is 3.92. The molecule has 3 heteroatoms. The van der Waals surface area contributed by atoms with Crippen molar-refractivity contribution in [2.75, 3.05) is 6.54 Å². The number of hydrogen-bond acceptors (Lipinski definition) is 2.